The van der Waals surface area contributed by atoms with Gasteiger partial charge in [0.15, 0.2) is 0 Å². The molecule has 1 heterocycles. The number of carbonyl (C=O) groups excluding carboxylic acids is 3. The molecule has 8 heteroatoms. The van der Waals surface area contributed by atoms with Gasteiger partial charge in [0.25, 0.3) is 0 Å². The summed E-state index contributed by atoms with van der Waals surface area (Å²) in [6.07, 6.45) is 0.152. The number of rotatable bonds is 5. The highest BCUT2D eigenvalue weighted by molar-refractivity contribution is 9.10. The van der Waals surface area contributed by atoms with Gasteiger partial charge in [-0.3, -0.25) is 9.59 Å². The highest BCUT2D eigenvalue weighted by Crippen LogP contribution is 2.34. The van der Waals surface area contributed by atoms with E-state index in [2.05, 4.69) is 26.6 Å². The summed E-state index contributed by atoms with van der Waals surface area (Å²) < 4.78 is 0.882. The molecule has 0 aliphatic carbocycles. The van der Waals surface area contributed by atoms with Crippen molar-refractivity contribution in [3.8, 4) is 0 Å². The van der Waals surface area contributed by atoms with E-state index in [4.69, 9.17) is 0 Å². The quantitative estimate of drug-likeness (QED) is 0.457. The molecule has 1 atom stereocenters. The Morgan fingerprint density at radius 1 is 0.871 bits per heavy atom. The van der Waals surface area contributed by atoms with Crippen molar-refractivity contribution in [2.75, 3.05) is 15.5 Å². The van der Waals surface area contributed by atoms with Gasteiger partial charge in [-0.2, -0.15) is 0 Å². The predicted molar refractivity (Wildman–Crippen MR) is 126 cm³/mol. The number of amides is 4. The Balaban J connectivity index is 1.36. The van der Waals surface area contributed by atoms with Crippen LogP contribution in [0, 0.1) is 0 Å². The van der Waals surface area contributed by atoms with E-state index in [-0.39, 0.29) is 24.3 Å². The molecule has 2 N–H and O–H groups in total. The van der Waals surface area contributed by atoms with E-state index in [1.807, 2.05) is 30.3 Å². The van der Waals surface area contributed by atoms with Gasteiger partial charge in [-0.1, -0.05) is 34.1 Å². The van der Waals surface area contributed by atoms with Crippen LogP contribution in [-0.2, 0) is 9.59 Å². The lowest BCUT2D eigenvalue weighted by Gasteiger charge is -2.15. The fourth-order valence-corrected chi connectivity index (χ4v) is 4.47. The van der Waals surface area contributed by atoms with Crippen LogP contribution in [0.25, 0.3) is 0 Å². The first kappa shape index (κ1) is 21.1. The zero-order valence-corrected chi connectivity index (χ0v) is 18.7. The van der Waals surface area contributed by atoms with E-state index in [9.17, 15) is 14.4 Å². The molecule has 1 saturated heterocycles. The molecule has 6 nitrogen and oxygen atoms in total. The summed E-state index contributed by atoms with van der Waals surface area (Å²) in [5, 5.41) is 5.04. The molecule has 4 amide bonds. The summed E-state index contributed by atoms with van der Waals surface area (Å²) in [5.74, 6) is -0.428. The van der Waals surface area contributed by atoms with Crippen LogP contribution in [-0.4, -0.2) is 23.1 Å². The summed E-state index contributed by atoms with van der Waals surface area (Å²) >= 11 is 4.70. The van der Waals surface area contributed by atoms with Crippen molar-refractivity contribution in [2.45, 2.75) is 16.6 Å². The Morgan fingerprint density at radius 2 is 1.48 bits per heavy atom. The smallest absolute Gasteiger partial charge is 0.308 e. The van der Waals surface area contributed by atoms with Crippen LogP contribution >= 0.6 is 27.7 Å². The minimum atomic E-state index is -0.476. The number of halogens is 1. The second kappa shape index (κ2) is 9.36. The number of urea groups is 1. The van der Waals surface area contributed by atoms with Gasteiger partial charge >= 0.3 is 6.03 Å². The third-order valence-corrected chi connectivity index (χ3v) is 6.34. The number of hydrogen-bond acceptors (Lipinski definition) is 4. The average molecular weight is 496 g/mol. The van der Waals surface area contributed by atoms with Crippen LogP contribution < -0.4 is 15.5 Å². The second-order valence-corrected chi connectivity index (χ2v) is 9.02. The summed E-state index contributed by atoms with van der Waals surface area (Å²) in [6, 6.07) is 23.1. The normalized spacial score (nSPS) is 15.8. The van der Waals surface area contributed by atoms with Crippen LogP contribution in [0.2, 0.25) is 0 Å². The molecular weight excluding hydrogens is 478 g/mol. The largest absolute Gasteiger partial charge is 0.323 e. The number of para-hydroxylation sites is 1. The highest BCUT2D eigenvalue weighted by atomic mass is 79.9. The Morgan fingerprint density at radius 3 is 2.13 bits per heavy atom. The molecule has 1 aliphatic heterocycles. The zero-order chi connectivity index (χ0) is 21.8. The zero-order valence-electron chi connectivity index (χ0n) is 16.2. The maximum atomic E-state index is 12.8. The lowest BCUT2D eigenvalue weighted by molar-refractivity contribution is -0.121. The van der Waals surface area contributed by atoms with Gasteiger partial charge in [0.05, 0.1) is 10.9 Å². The van der Waals surface area contributed by atoms with E-state index in [0.717, 1.165) is 9.37 Å². The lowest BCUT2D eigenvalue weighted by Crippen LogP contribution is -2.31. The van der Waals surface area contributed by atoms with Crippen molar-refractivity contribution in [1.29, 1.82) is 0 Å². The van der Waals surface area contributed by atoms with E-state index in [1.54, 1.807) is 48.5 Å². The Labute approximate surface area is 192 Å². The van der Waals surface area contributed by atoms with E-state index in [0.29, 0.717) is 17.1 Å². The van der Waals surface area contributed by atoms with E-state index < -0.39 is 5.25 Å². The van der Waals surface area contributed by atoms with Gasteiger partial charge in [0.1, 0.15) is 0 Å². The molecule has 1 aliphatic rings. The molecule has 0 spiro atoms. The van der Waals surface area contributed by atoms with Gasteiger partial charge in [-0.05, 0) is 60.7 Å². The minimum Gasteiger partial charge on any atom is -0.308 e. The number of carbonyl (C=O) groups is 3. The second-order valence-electron chi connectivity index (χ2n) is 6.82. The van der Waals surface area contributed by atoms with E-state index >= 15 is 0 Å². The third-order valence-electron chi connectivity index (χ3n) is 4.61. The summed E-state index contributed by atoms with van der Waals surface area (Å²) in [6.45, 7) is 0. The number of thioether (sulfide) groups is 1. The fourth-order valence-electron chi connectivity index (χ4n) is 3.15. The van der Waals surface area contributed by atoms with Gasteiger partial charge in [0, 0.05) is 27.2 Å². The van der Waals surface area contributed by atoms with Crippen molar-refractivity contribution in [2.24, 2.45) is 0 Å². The summed E-state index contributed by atoms with van der Waals surface area (Å²) in [5.41, 5.74) is 1.90. The van der Waals surface area contributed by atoms with Crippen LogP contribution in [0.4, 0.5) is 21.9 Å². The van der Waals surface area contributed by atoms with Gasteiger partial charge in [-0.25, -0.2) is 9.69 Å². The molecule has 1 unspecified atom stereocenters. The van der Waals surface area contributed by atoms with E-state index in [1.165, 1.54) is 16.7 Å². The predicted octanol–water partition coefficient (Wildman–Crippen LogP) is 5.52. The molecule has 1 fully saturated rings. The molecule has 3 aromatic rings. The first-order chi connectivity index (χ1) is 15.0. The number of benzene rings is 3. The van der Waals surface area contributed by atoms with Gasteiger partial charge < -0.3 is 10.6 Å². The van der Waals surface area contributed by atoms with Gasteiger partial charge in [-0.15, -0.1) is 11.8 Å². The maximum Gasteiger partial charge on any atom is 0.323 e. The lowest BCUT2D eigenvalue weighted by atomic mass is 10.3. The Hall–Kier alpha value is -3.10. The van der Waals surface area contributed by atoms with Crippen molar-refractivity contribution >= 4 is 62.6 Å². The van der Waals surface area contributed by atoms with Crippen LogP contribution in [0.3, 0.4) is 0 Å². The number of imide groups is 1. The first-order valence-corrected chi connectivity index (χ1v) is 11.2. The Kier molecular flexibility index (Phi) is 6.39. The van der Waals surface area contributed by atoms with Crippen molar-refractivity contribution in [1.82, 2.24) is 0 Å². The molecular formula is C23H18BrN3O3S. The number of hydrogen-bond donors (Lipinski definition) is 2. The first-order valence-electron chi connectivity index (χ1n) is 9.52. The third kappa shape index (κ3) is 5.15. The summed E-state index contributed by atoms with van der Waals surface area (Å²) in [4.78, 5) is 39.4. The number of nitrogens with one attached hydrogen (secondary N) is 2. The van der Waals surface area contributed by atoms with Gasteiger partial charge in [0.2, 0.25) is 11.8 Å². The molecule has 156 valence electrons. The molecule has 0 saturated carbocycles. The monoisotopic (exact) mass is 495 g/mol. The molecule has 0 radical (unpaired) electrons. The van der Waals surface area contributed by atoms with Crippen LogP contribution in [0.5, 0.6) is 0 Å². The Bertz CT molecular complexity index is 1110. The van der Waals surface area contributed by atoms with Crippen molar-refractivity contribution in [3.63, 3.8) is 0 Å². The summed E-state index contributed by atoms with van der Waals surface area (Å²) in [7, 11) is 0. The molecule has 3 aromatic carbocycles. The highest BCUT2D eigenvalue weighted by Gasteiger charge is 2.40. The van der Waals surface area contributed by atoms with Crippen LogP contribution in [0.15, 0.2) is 88.2 Å². The number of nitrogens with zero attached hydrogens (tertiary/aromatic N) is 1. The van der Waals surface area contributed by atoms with Crippen molar-refractivity contribution < 1.29 is 14.4 Å². The van der Waals surface area contributed by atoms with Crippen LogP contribution in [0.1, 0.15) is 6.42 Å². The van der Waals surface area contributed by atoms with Crippen molar-refractivity contribution in [3.05, 3.63) is 83.3 Å². The average Bonchev–Trinajstić information content (AvgIpc) is 3.04. The molecule has 0 bridgehead atoms. The molecule has 31 heavy (non-hydrogen) atoms. The number of anilines is 3. The fraction of sp³-hybridized carbons (Fsp3) is 0.0870. The maximum absolute atomic E-state index is 12.8. The minimum absolute atomic E-state index is 0.152. The topological polar surface area (TPSA) is 78.5 Å². The SMILES string of the molecule is O=C(Nc1ccccc1)Nc1ccc(SC2CC(=O)N(c3ccc(Br)cc3)C2=O)cc1. The standard InChI is InChI=1S/C23H18BrN3O3S/c24-15-6-10-18(11-7-15)27-21(28)14-20(22(27)29)31-19-12-8-17(9-13-19)26-23(30)25-16-4-2-1-3-5-16/h1-13,20H,14H2,(H2,25,26,30). The molecule has 0 aromatic heterocycles. The molecule has 4 rings (SSSR count).